The first-order chi connectivity index (χ1) is 9.93. The minimum Gasteiger partial charge on any atom is -0.348 e. The van der Waals surface area contributed by atoms with E-state index in [0.29, 0.717) is 18.7 Å². The third-order valence-electron chi connectivity index (χ3n) is 3.90. The zero-order valence-corrected chi connectivity index (χ0v) is 13.0. The lowest BCUT2D eigenvalue weighted by molar-refractivity contribution is 0.0950. The van der Waals surface area contributed by atoms with Crippen molar-refractivity contribution in [3.8, 4) is 0 Å². The average Bonchev–Trinajstić information content (AvgIpc) is 2.77. The van der Waals surface area contributed by atoms with Crippen LogP contribution < -0.4 is 11.1 Å². The smallest absolute Gasteiger partial charge is 0.255 e. The summed E-state index contributed by atoms with van der Waals surface area (Å²) in [5.41, 5.74) is 11.7. The highest BCUT2D eigenvalue weighted by atomic mass is 16.1. The fourth-order valence-corrected chi connectivity index (χ4v) is 2.47. The maximum atomic E-state index is 12.2. The van der Waals surface area contributed by atoms with Gasteiger partial charge >= 0.3 is 0 Å². The number of amides is 1. The van der Waals surface area contributed by atoms with Crippen LogP contribution in [-0.2, 0) is 20.1 Å². The molecule has 1 aromatic carbocycles. The molecule has 0 bridgehead atoms. The Hall–Kier alpha value is -2.14. The van der Waals surface area contributed by atoms with Crippen LogP contribution in [0.2, 0.25) is 0 Å². The van der Waals surface area contributed by atoms with E-state index in [1.54, 1.807) is 10.9 Å². The van der Waals surface area contributed by atoms with Crippen molar-refractivity contribution in [2.24, 2.45) is 12.8 Å². The highest BCUT2D eigenvalue weighted by Gasteiger charge is 2.13. The SMILES string of the molecule is Cc1cc(CN)cc(C)c1CNC(=O)c1cnn(C)c1C. The molecular weight excluding hydrogens is 264 g/mol. The molecule has 112 valence electrons. The van der Waals surface area contributed by atoms with E-state index in [2.05, 4.69) is 22.5 Å². The average molecular weight is 286 g/mol. The molecule has 0 saturated carbocycles. The predicted molar refractivity (Wildman–Crippen MR) is 82.9 cm³/mol. The van der Waals surface area contributed by atoms with Crippen LogP contribution in [0.15, 0.2) is 18.3 Å². The number of rotatable bonds is 4. The normalized spacial score (nSPS) is 10.7. The number of hydrogen-bond acceptors (Lipinski definition) is 3. The molecule has 2 aromatic rings. The molecule has 5 nitrogen and oxygen atoms in total. The van der Waals surface area contributed by atoms with Gasteiger partial charge in [0.2, 0.25) is 0 Å². The van der Waals surface area contributed by atoms with E-state index in [4.69, 9.17) is 5.73 Å². The van der Waals surface area contributed by atoms with Crippen molar-refractivity contribution >= 4 is 5.91 Å². The fourth-order valence-electron chi connectivity index (χ4n) is 2.47. The van der Waals surface area contributed by atoms with E-state index in [0.717, 1.165) is 27.9 Å². The monoisotopic (exact) mass is 286 g/mol. The first-order valence-corrected chi connectivity index (χ1v) is 7.00. The molecule has 0 radical (unpaired) electrons. The van der Waals surface area contributed by atoms with Gasteiger partial charge in [-0.1, -0.05) is 12.1 Å². The Labute approximate surface area is 125 Å². The molecular formula is C16H22N4O. The lowest BCUT2D eigenvalue weighted by atomic mass is 9.99. The quantitative estimate of drug-likeness (QED) is 0.899. The third kappa shape index (κ3) is 3.13. The molecule has 0 fully saturated rings. The van der Waals surface area contributed by atoms with Crippen molar-refractivity contribution < 1.29 is 4.79 Å². The van der Waals surface area contributed by atoms with Crippen LogP contribution in [-0.4, -0.2) is 15.7 Å². The number of aryl methyl sites for hydroxylation is 3. The summed E-state index contributed by atoms with van der Waals surface area (Å²) in [6, 6.07) is 4.15. The number of nitrogens with one attached hydrogen (secondary N) is 1. The van der Waals surface area contributed by atoms with Crippen molar-refractivity contribution in [2.75, 3.05) is 0 Å². The molecule has 0 saturated heterocycles. The second-order valence-electron chi connectivity index (χ2n) is 5.36. The summed E-state index contributed by atoms with van der Waals surface area (Å²) >= 11 is 0. The Balaban J connectivity index is 2.13. The number of hydrogen-bond donors (Lipinski definition) is 2. The van der Waals surface area contributed by atoms with E-state index < -0.39 is 0 Å². The molecule has 0 atom stereocenters. The number of benzene rings is 1. The molecule has 2 rings (SSSR count). The van der Waals surface area contributed by atoms with Gasteiger partial charge in [-0.2, -0.15) is 5.10 Å². The van der Waals surface area contributed by atoms with Gasteiger partial charge in [0.05, 0.1) is 11.8 Å². The number of nitrogens with two attached hydrogens (primary N) is 1. The van der Waals surface area contributed by atoms with Gasteiger partial charge in [0.25, 0.3) is 5.91 Å². The molecule has 1 aromatic heterocycles. The maximum Gasteiger partial charge on any atom is 0.255 e. The molecule has 1 heterocycles. The molecule has 0 aliphatic heterocycles. The van der Waals surface area contributed by atoms with Gasteiger partial charge in [0.15, 0.2) is 0 Å². The number of nitrogens with zero attached hydrogens (tertiary/aromatic N) is 2. The largest absolute Gasteiger partial charge is 0.348 e. The van der Waals surface area contributed by atoms with Crippen LogP contribution in [0.25, 0.3) is 0 Å². The Kier molecular flexibility index (Phi) is 4.43. The van der Waals surface area contributed by atoms with Crippen molar-refractivity contribution in [3.63, 3.8) is 0 Å². The predicted octanol–water partition coefficient (Wildman–Crippen LogP) is 1.73. The Morgan fingerprint density at radius 1 is 1.29 bits per heavy atom. The van der Waals surface area contributed by atoms with Crippen LogP contribution in [0, 0.1) is 20.8 Å². The maximum absolute atomic E-state index is 12.2. The molecule has 0 aliphatic rings. The van der Waals surface area contributed by atoms with E-state index >= 15 is 0 Å². The minimum absolute atomic E-state index is 0.0951. The standard InChI is InChI=1S/C16H22N4O/c1-10-5-13(7-17)6-11(2)14(10)8-18-16(21)15-9-19-20(4)12(15)3/h5-6,9H,7-8,17H2,1-4H3,(H,18,21). The fraction of sp³-hybridized carbons (Fsp3) is 0.375. The van der Waals surface area contributed by atoms with Gasteiger partial charge < -0.3 is 11.1 Å². The summed E-state index contributed by atoms with van der Waals surface area (Å²) in [5.74, 6) is -0.0951. The van der Waals surface area contributed by atoms with Gasteiger partial charge in [-0.05, 0) is 43.0 Å². The highest BCUT2D eigenvalue weighted by Crippen LogP contribution is 2.17. The van der Waals surface area contributed by atoms with Crippen LogP contribution in [0.4, 0.5) is 0 Å². The number of carbonyl (C=O) groups excluding carboxylic acids is 1. The van der Waals surface area contributed by atoms with Gasteiger partial charge in [-0.25, -0.2) is 0 Å². The zero-order valence-electron chi connectivity index (χ0n) is 13.0. The van der Waals surface area contributed by atoms with E-state index in [9.17, 15) is 4.79 Å². The Morgan fingerprint density at radius 2 is 1.90 bits per heavy atom. The van der Waals surface area contributed by atoms with Crippen molar-refractivity contribution in [1.82, 2.24) is 15.1 Å². The Morgan fingerprint density at radius 3 is 2.38 bits per heavy atom. The first kappa shape index (κ1) is 15.3. The van der Waals surface area contributed by atoms with Crippen molar-refractivity contribution in [1.29, 1.82) is 0 Å². The second-order valence-corrected chi connectivity index (χ2v) is 5.36. The molecule has 5 heteroatoms. The molecule has 3 N–H and O–H groups in total. The summed E-state index contributed by atoms with van der Waals surface area (Å²) in [6.45, 7) is 7.01. The van der Waals surface area contributed by atoms with Crippen LogP contribution in [0.1, 0.15) is 38.3 Å². The summed E-state index contributed by atoms with van der Waals surface area (Å²) in [4.78, 5) is 12.2. The van der Waals surface area contributed by atoms with Crippen molar-refractivity contribution in [2.45, 2.75) is 33.9 Å². The van der Waals surface area contributed by atoms with Gasteiger partial charge in [-0.3, -0.25) is 9.48 Å². The molecule has 21 heavy (non-hydrogen) atoms. The van der Waals surface area contributed by atoms with Crippen LogP contribution >= 0.6 is 0 Å². The first-order valence-electron chi connectivity index (χ1n) is 7.00. The highest BCUT2D eigenvalue weighted by molar-refractivity contribution is 5.95. The molecule has 0 aliphatic carbocycles. The summed E-state index contributed by atoms with van der Waals surface area (Å²) < 4.78 is 1.70. The topological polar surface area (TPSA) is 72.9 Å². The van der Waals surface area contributed by atoms with Gasteiger partial charge in [0, 0.05) is 25.8 Å². The molecule has 1 amide bonds. The molecule has 0 unspecified atom stereocenters. The van der Waals surface area contributed by atoms with Crippen LogP contribution in [0.3, 0.4) is 0 Å². The van der Waals surface area contributed by atoms with Gasteiger partial charge in [-0.15, -0.1) is 0 Å². The third-order valence-corrected chi connectivity index (χ3v) is 3.90. The lowest BCUT2D eigenvalue weighted by Crippen LogP contribution is -2.24. The van der Waals surface area contributed by atoms with Crippen LogP contribution in [0.5, 0.6) is 0 Å². The summed E-state index contributed by atoms with van der Waals surface area (Å²) in [7, 11) is 1.83. The zero-order chi connectivity index (χ0) is 15.6. The van der Waals surface area contributed by atoms with E-state index in [-0.39, 0.29) is 5.91 Å². The number of carbonyl (C=O) groups is 1. The van der Waals surface area contributed by atoms with E-state index in [1.807, 2.05) is 27.8 Å². The minimum atomic E-state index is -0.0951. The van der Waals surface area contributed by atoms with Crippen molar-refractivity contribution in [3.05, 3.63) is 51.8 Å². The van der Waals surface area contributed by atoms with E-state index in [1.165, 1.54) is 0 Å². The number of aromatic nitrogens is 2. The summed E-state index contributed by atoms with van der Waals surface area (Å²) in [5, 5.41) is 7.06. The molecule has 0 spiro atoms. The second kappa shape index (κ2) is 6.10. The Bertz CT molecular complexity index is 650. The summed E-state index contributed by atoms with van der Waals surface area (Å²) in [6.07, 6.45) is 1.60. The lowest BCUT2D eigenvalue weighted by Gasteiger charge is -2.13. The van der Waals surface area contributed by atoms with Gasteiger partial charge in [0.1, 0.15) is 0 Å².